The van der Waals surface area contributed by atoms with E-state index in [9.17, 15) is 0 Å². The maximum absolute atomic E-state index is 8.59. The number of oxime groups is 1. The van der Waals surface area contributed by atoms with Gasteiger partial charge in [0.2, 0.25) is 0 Å². The molecule has 1 fully saturated rings. The molecule has 2 heterocycles. The fraction of sp³-hybridized carbons (Fsp3) is 0.500. The second-order valence-electron chi connectivity index (χ2n) is 4.67. The lowest BCUT2D eigenvalue weighted by molar-refractivity contribution is 0.233. The highest BCUT2D eigenvalue weighted by Crippen LogP contribution is 2.16. The average Bonchev–Trinajstić information content (AvgIpc) is 2.41. The second-order valence-corrected chi connectivity index (χ2v) is 4.67. The highest BCUT2D eigenvalue weighted by Gasteiger charge is 2.21. The quantitative estimate of drug-likeness (QED) is 0.341. The van der Waals surface area contributed by atoms with Crippen LogP contribution < -0.4 is 10.6 Å². The molecule has 1 aliphatic rings. The molecule has 1 atom stereocenters. The average molecular weight is 249 g/mol. The fourth-order valence-corrected chi connectivity index (χ4v) is 2.04. The maximum Gasteiger partial charge on any atom is 0.171 e. The molecule has 0 spiro atoms. The predicted molar refractivity (Wildman–Crippen MR) is 71.1 cm³/mol. The van der Waals surface area contributed by atoms with E-state index in [-0.39, 0.29) is 5.84 Å². The lowest BCUT2D eigenvalue weighted by atomic mass is 10.2. The topological polar surface area (TPSA) is 78.0 Å². The number of hydrogen-bond acceptors (Lipinski definition) is 5. The molecule has 0 amide bonds. The Labute approximate surface area is 107 Å². The van der Waals surface area contributed by atoms with Crippen molar-refractivity contribution in [1.82, 2.24) is 9.88 Å². The van der Waals surface area contributed by atoms with Crippen molar-refractivity contribution in [3.8, 4) is 0 Å². The molecule has 0 aromatic carbocycles. The van der Waals surface area contributed by atoms with Crippen molar-refractivity contribution < 1.29 is 5.21 Å². The standard InChI is InChI=1S/C12H19N5O/c1-9-8-17(6-5-16(9)2)11-4-3-10(7-14-11)12(13)15-18/h3-4,7,9,18H,5-6,8H2,1-2H3,(H2,13,15). The summed E-state index contributed by atoms with van der Waals surface area (Å²) in [6.07, 6.45) is 1.63. The van der Waals surface area contributed by atoms with Crippen LogP contribution >= 0.6 is 0 Å². The van der Waals surface area contributed by atoms with Crippen LogP contribution in [0.3, 0.4) is 0 Å². The van der Waals surface area contributed by atoms with E-state index in [4.69, 9.17) is 10.9 Å². The Hall–Kier alpha value is -1.82. The zero-order valence-corrected chi connectivity index (χ0v) is 10.7. The van der Waals surface area contributed by atoms with Gasteiger partial charge >= 0.3 is 0 Å². The van der Waals surface area contributed by atoms with Crippen molar-refractivity contribution in [2.24, 2.45) is 10.9 Å². The first-order valence-corrected chi connectivity index (χ1v) is 6.01. The SMILES string of the molecule is CC1CN(c2ccc(C(N)=NO)cn2)CCN1C. The molecule has 98 valence electrons. The van der Waals surface area contributed by atoms with Crippen LogP contribution in [0.25, 0.3) is 0 Å². The van der Waals surface area contributed by atoms with Crippen molar-refractivity contribution >= 4 is 11.7 Å². The summed E-state index contributed by atoms with van der Waals surface area (Å²) in [5, 5.41) is 11.5. The summed E-state index contributed by atoms with van der Waals surface area (Å²) in [5.41, 5.74) is 6.13. The summed E-state index contributed by atoms with van der Waals surface area (Å²) in [5.74, 6) is 1.02. The van der Waals surface area contributed by atoms with Crippen LogP contribution in [-0.2, 0) is 0 Å². The molecule has 1 aliphatic heterocycles. The van der Waals surface area contributed by atoms with Crippen molar-refractivity contribution in [2.45, 2.75) is 13.0 Å². The third-order valence-corrected chi connectivity index (χ3v) is 3.44. The van der Waals surface area contributed by atoms with Crippen LogP contribution in [0, 0.1) is 0 Å². The number of nitrogens with two attached hydrogens (primary N) is 1. The van der Waals surface area contributed by atoms with Gasteiger partial charge in [0.1, 0.15) is 5.82 Å². The Kier molecular flexibility index (Phi) is 3.66. The van der Waals surface area contributed by atoms with Gasteiger partial charge in [0, 0.05) is 37.4 Å². The Morgan fingerprint density at radius 1 is 1.50 bits per heavy atom. The number of anilines is 1. The first-order valence-electron chi connectivity index (χ1n) is 6.01. The van der Waals surface area contributed by atoms with Crippen molar-refractivity contribution in [1.29, 1.82) is 0 Å². The summed E-state index contributed by atoms with van der Waals surface area (Å²) >= 11 is 0. The highest BCUT2D eigenvalue weighted by molar-refractivity contribution is 5.96. The Bertz CT molecular complexity index is 431. The third kappa shape index (κ3) is 2.53. The molecule has 1 aromatic heterocycles. The molecule has 18 heavy (non-hydrogen) atoms. The second kappa shape index (κ2) is 5.22. The van der Waals surface area contributed by atoms with E-state index in [0.717, 1.165) is 25.5 Å². The number of hydrogen-bond donors (Lipinski definition) is 2. The van der Waals surface area contributed by atoms with Gasteiger partial charge in [-0.1, -0.05) is 5.16 Å². The smallest absolute Gasteiger partial charge is 0.171 e. The van der Waals surface area contributed by atoms with Crippen molar-refractivity contribution in [3.05, 3.63) is 23.9 Å². The van der Waals surface area contributed by atoms with Crippen LogP contribution in [-0.4, -0.2) is 53.7 Å². The molecule has 3 N–H and O–H groups in total. The molecule has 6 nitrogen and oxygen atoms in total. The summed E-state index contributed by atoms with van der Waals surface area (Å²) in [6.45, 7) is 5.17. The molecule has 2 rings (SSSR count). The summed E-state index contributed by atoms with van der Waals surface area (Å²) in [4.78, 5) is 8.95. The Morgan fingerprint density at radius 2 is 2.28 bits per heavy atom. The number of nitrogens with zero attached hydrogens (tertiary/aromatic N) is 4. The van der Waals surface area contributed by atoms with Gasteiger partial charge in [0.25, 0.3) is 0 Å². The summed E-state index contributed by atoms with van der Waals surface area (Å²) in [7, 11) is 2.14. The van der Waals surface area contributed by atoms with Gasteiger partial charge in [-0.15, -0.1) is 0 Å². The predicted octanol–water partition coefficient (Wildman–Crippen LogP) is 0.316. The van der Waals surface area contributed by atoms with Crippen LogP contribution in [0.15, 0.2) is 23.5 Å². The molecule has 1 saturated heterocycles. The fourth-order valence-electron chi connectivity index (χ4n) is 2.04. The molecule has 0 saturated carbocycles. The largest absolute Gasteiger partial charge is 0.409 e. The minimum Gasteiger partial charge on any atom is -0.409 e. The van der Waals surface area contributed by atoms with Gasteiger partial charge in [-0.25, -0.2) is 4.98 Å². The molecular formula is C12H19N5O. The van der Waals surface area contributed by atoms with Gasteiger partial charge in [-0.2, -0.15) is 0 Å². The summed E-state index contributed by atoms with van der Waals surface area (Å²) < 4.78 is 0. The number of piperazine rings is 1. The molecule has 0 bridgehead atoms. The Balaban J connectivity index is 2.10. The number of aromatic nitrogens is 1. The molecule has 0 radical (unpaired) electrons. The van der Waals surface area contributed by atoms with Gasteiger partial charge in [0.05, 0.1) is 0 Å². The van der Waals surface area contributed by atoms with E-state index in [1.165, 1.54) is 0 Å². The first-order chi connectivity index (χ1) is 8.61. The molecular weight excluding hydrogens is 230 g/mol. The Morgan fingerprint density at radius 3 is 2.83 bits per heavy atom. The summed E-state index contributed by atoms with van der Waals surface area (Å²) in [6, 6.07) is 4.25. The van der Waals surface area contributed by atoms with Crippen molar-refractivity contribution in [3.63, 3.8) is 0 Å². The maximum atomic E-state index is 8.59. The lowest BCUT2D eigenvalue weighted by Gasteiger charge is -2.38. The van der Waals surface area contributed by atoms with E-state index >= 15 is 0 Å². The van der Waals surface area contributed by atoms with E-state index in [0.29, 0.717) is 11.6 Å². The number of likely N-dealkylation sites (N-methyl/N-ethyl adjacent to an activating group) is 1. The van der Waals surface area contributed by atoms with Crippen LogP contribution in [0.2, 0.25) is 0 Å². The number of rotatable bonds is 2. The zero-order valence-electron chi connectivity index (χ0n) is 10.7. The molecule has 1 aromatic rings. The van der Waals surface area contributed by atoms with E-state index in [2.05, 4.69) is 33.9 Å². The minimum atomic E-state index is 0.0841. The molecule has 0 aliphatic carbocycles. The van der Waals surface area contributed by atoms with Crippen molar-refractivity contribution in [2.75, 3.05) is 31.6 Å². The first kappa shape index (κ1) is 12.6. The number of pyridine rings is 1. The normalized spacial score (nSPS) is 22.2. The van der Waals surface area contributed by atoms with Crippen LogP contribution in [0.1, 0.15) is 12.5 Å². The minimum absolute atomic E-state index is 0.0841. The number of amidine groups is 1. The molecule has 6 heteroatoms. The van der Waals surface area contributed by atoms with Gasteiger partial charge in [0.15, 0.2) is 5.84 Å². The monoisotopic (exact) mass is 249 g/mol. The molecule has 1 unspecified atom stereocenters. The third-order valence-electron chi connectivity index (χ3n) is 3.44. The van der Waals surface area contributed by atoms with Crippen LogP contribution in [0.4, 0.5) is 5.82 Å². The van der Waals surface area contributed by atoms with Gasteiger partial charge < -0.3 is 20.7 Å². The van der Waals surface area contributed by atoms with Gasteiger partial charge in [-0.05, 0) is 26.1 Å². The van der Waals surface area contributed by atoms with Gasteiger partial charge in [-0.3, -0.25) is 0 Å². The zero-order chi connectivity index (χ0) is 13.1. The van der Waals surface area contributed by atoms with E-state index in [1.54, 1.807) is 6.20 Å². The lowest BCUT2D eigenvalue weighted by Crippen LogP contribution is -2.50. The highest BCUT2D eigenvalue weighted by atomic mass is 16.4. The van der Waals surface area contributed by atoms with Crippen LogP contribution in [0.5, 0.6) is 0 Å². The van der Waals surface area contributed by atoms with E-state index < -0.39 is 0 Å². The van der Waals surface area contributed by atoms with E-state index in [1.807, 2.05) is 12.1 Å².